The minimum absolute atomic E-state index is 0.0586. The molecule has 3 atom stereocenters. The van der Waals surface area contributed by atoms with E-state index in [1.807, 2.05) is 47.4 Å². The third-order valence-corrected chi connectivity index (χ3v) is 9.61. The third-order valence-electron chi connectivity index (χ3n) is 8.47. The predicted octanol–water partition coefficient (Wildman–Crippen LogP) is 6.22. The molecular weight excluding hydrogens is 676 g/mol. The number of rotatable bonds is 4. The lowest BCUT2D eigenvalue weighted by atomic mass is 9.59. The van der Waals surface area contributed by atoms with E-state index in [-0.39, 0.29) is 30.2 Å². The van der Waals surface area contributed by atoms with Gasteiger partial charge in [0, 0.05) is 70.1 Å². The molecule has 41 heavy (non-hydrogen) atoms. The van der Waals surface area contributed by atoms with Crippen LogP contribution in [0.1, 0.15) is 54.8 Å². The zero-order chi connectivity index (χ0) is 28.9. The lowest BCUT2D eigenvalue weighted by Gasteiger charge is -2.47. The van der Waals surface area contributed by atoms with Gasteiger partial charge < -0.3 is 20.3 Å². The minimum Gasteiger partial charge on any atom is -0.490 e. The molecule has 3 amide bonds. The Morgan fingerprint density at radius 2 is 1.78 bits per heavy atom. The molecule has 3 aromatic rings. The second-order valence-electron chi connectivity index (χ2n) is 10.8. The number of fused-ring (bicyclic) bond motifs is 2. The van der Waals surface area contributed by atoms with E-state index in [9.17, 15) is 14.4 Å². The van der Waals surface area contributed by atoms with Gasteiger partial charge in [-0.2, -0.15) is 0 Å². The van der Waals surface area contributed by atoms with Crippen LogP contribution in [-0.2, 0) is 19.8 Å². The molecule has 212 valence electrons. The van der Waals surface area contributed by atoms with Crippen molar-refractivity contribution in [2.24, 2.45) is 0 Å². The number of carbonyl (C=O) groups excluding carboxylic acids is 3. The number of halogens is 3. The van der Waals surface area contributed by atoms with Gasteiger partial charge in [0.05, 0.1) is 6.04 Å². The summed E-state index contributed by atoms with van der Waals surface area (Å²) in [5.74, 6) is -0.224. The molecule has 3 aliphatic heterocycles. The molecular formula is C31H28Cl2IN3O4. The Kier molecular flexibility index (Phi) is 7.67. The van der Waals surface area contributed by atoms with Gasteiger partial charge >= 0.3 is 0 Å². The van der Waals surface area contributed by atoms with Crippen molar-refractivity contribution in [3.05, 3.63) is 91.0 Å². The third kappa shape index (κ3) is 5.08. The molecule has 0 saturated carbocycles. The van der Waals surface area contributed by atoms with Crippen LogP contribution >= 0.6 is 45.8 Å². The highest BCUT2D eigenvalue weighted by Crippen LogP contribution is 2.58. The van der Waals surface area contributed by atoms with E-state index < -0.39 is 17.4 Å². The summed E-state index contributed by atoms with van der Waals surface area (Å²) in [4.78, 5) is 41.5. The van der Waals surface area contributed by atoms with Crippen molar-refractivity contribution in [1.82, 2.24) is 10.2 Å². The van der Waals surface area contributed by atoms with Crippen LogP contribution < -0.4 is 15.4 Å². The van der Waals surface area contributed by atoms with Gasteiger partial charge in [0.1, 0.15) is 17.3 Å². The predicted molar refractivity (Wildman–Crippen MR) is 167 cm³/mol. The second kappa shape index (κ2) is 11.1. The number of benzene rings is 3. The summed E-state index contributed by atoms with van der Waals surface area (Å²) in [6, 6.07) is 17.9. The van der Waals surface area contributed by atoms with E-state index in [1.54, 1.807) is 25.1 Å². The lowest BCUT2D eigenvalue weighted by Crippen LogP contribution is -2.57. The fourth-order valence-electron chi connectivity index (χ4n) is 6.59. The van der Waals surface area contributed by atoms with Crippen molar-refractivity contribution in [1.29, 1.82) is 0 Å². The van der Waals surface area contributed by atoms with Crippen LogP contribution in [-0.4, -0.2) is 41.8 Å². The second-order valence-corrected chi connectivity index (χ2v) is 12.9. The highest BCUT2D eigenvalue weighted by atomic mass is 127. The number of hydrogen-bond acceptors (Lipinski definition) is 4. The van der Waals surface area contributed by atoms with Crippen molar-refractivity contribution >= 4 is 69.2 Å². The van der Waals surface area contributed by atoms with E-state index in [0.717, 1.165) is 20.3 Å². The number of nitrogens with one attached hydrogen (secondary N) is 2. The molecule has 1 spiro atoms. The standard InChI is InChI=1S/C31H28Cl2IN3O4/c1-17(38)37-11-9-22(10-12-37)41-27-8-6-21(34)15-23(27)29-31(24-7-5-20(33)14-26(24)35-30(31)40)25(16-28(39)36-29)18-3-2-4-19(32)13-18/h2-8,13-15,22,25,29H,9-12,16H2,1H3,(H,35,40)(H,36,39)/t25-,29+,31?/m0/s1. The normalized spacial score (nSPS) is 24.1. The Bertz CT molecular complexity index is 1560. The number of hydrogen-bond donors (Lipinski definition) is 2. The summed E-state index contributed by atoms with van der Waals surface area (Å²) in [5.41, 5.74) is 1.73. The van der Waals surface area contributed by atoms with Crippen LogP contribution in [0.15, 0.2) is 60.7 Å². The maximum Gasteiger partial charge on any atom is 0.238 e. The minimum atomic E-state index is -1.20. The Hall–Kier alpha value is -2.82. The number of nitrogens with zero attached hydrogens (tertiary/aromatic N) is 1. The van der Waals surface area contributed by atoms with Gasteiger partial charge in [0.15, 0.2) is 0 Å². The molecule has 10 heteroatoms. The van der Waals surface area contributed by atoms with Gasteiger partial charge in [0.25, 0.3) is 0 Å². The zero-order valence-corrected chi connectivity index (χ0v) is 25.9. The van der Waals surface area contributed by atoms with Crippen LogP contribution in [0.25, 0.3) is 0 Å². The van der Waals surface area contributed by atoms with Gasteiger partial charge in [0.2, 0.25) is 17.7 Å². The first-order valence-corrected chi connectivity index (χ1v) is 15.4. The number of anilines is 1. The van der Waals surface area contributed by atoms with E-state index in [0.29, 0.717) is 47.4 Å². The highest BCUT2D eigenvalue weighted by molar-refractivity contribution is 14.1. The Morgan fingerprint density at radius 3 is 2.51 bits per heavy atom. The Balaban J connectivity index is 1.50. The highest BCUT2D eigenvalue weighted by Gasteiger charge is 2.61. The molecule has 1 unspecified atom stereocenters. The Morgan fingerprint density at radius 1 is 1.02 bits per heavy atom. The topological polar surface area (TPSA) is 87.7 Å². The fraction of sp³-hybridized carbons (Fsp3) is 0.323. The smallest absolute Gasteiger partial charge is 0.238 e. The monoisotopic (exact) mass is 703 g/mol. The van der Waals surface area contributed by atoms with Crippen LogP contribution in [0, 0.1) is 3.57 Å². The van der Waals surface area contributed by atoms with Gasteiger partial charge in [-0.25, -0.2) is 0 Å². The molecule has 2 N–H and O–H groups in total. The van der Waals surface area contributed by atoms with Crippen LogP contribution in [0.5, 0.6) is 5.75 Å². The van der Waals surface area contributed by atoms with Crippen molar-refractivity contribution in [2.75, 3.05) is 18.4 Å². The van der Waals surface area contributed by atoms with Crippen LogP contribution in [0.4, 0.5) is 5.69 Å². The van der Waals surface area contributed by atoms with Crippen molar-refractivity contribution in [3.8, 4) is 5.75 Å². The van der Waals surface area contributed by atoms with Crippen molar-refractivity contribution in [2.45, 2.75) is 49.7 Å². The number of ether oxygens (including phenoxy) is 1. The number of piperidine rings is 2. The molecule has 0 aliphatic carbocycles. The molecule has 0 aromatic heterocycles. The molecule has 7 nitrogen and oxygen atoms in total. The number of amides is 3. The number of likely N-dealkylation sites (tertiary alicyclic amines) is 1. The van der Waals surface area contributed by atoms with E-state index in [1.165, 1.54) is 0 Å². The summed E-state index contributed by atoms with van der Waals surface area (Å²) in [7, 11) is 0. The maximum atomic E-state index is 14.3. The van der Waals surface area contributed by atoms with E-state index >= 15 is 0 Å². The van der Waals surface area contributed by atoms with Gasteiger partial charge in [-0.1, -0.05) is 41.4 Å². The molecule has 3 aromatic carbocycles. The molecule has 3 aliphatic rings. The summed E-state index contributed by atoms with van der Waals surface area (Å²) >= 11 is 15.0. The first kappa shape index (κ1) is 28.3. The first-order chi connectivity index (χ1) is 19.7. The number of carbonyl (C=O) groups is 3. The molecule has 2 saturated heterocycles. The summed E-state index contributed by atoms with van der Waals surface area (Å²) in [5, 5.41) is 7.30. The largest absolute Gasteiger partial charge is 0.490 e. The average molecular weight is 704 g/mol. The molecule has 2 fully saturated rings. The SMILES string of the molecule is CC(=O)N1CCC(Oc2ccc(I)cc2[C@H]2NC(=O)C[C@@H](c3cccc(Cl)c3)C23C(=O)Nc2cc(Cl)ccc23)CC1. The average Bonchev–Trinajstić information content (AvgIpc) is 3.22. The van der Waals surface area contributed by atoms with Gasteiger partial charge in [-0.05, 0) is 76.2 Å². The van der Waals surface area contributed by atoms with E-state index in [4.69, 9.17) is 27.9 Å². The van der Waals surface area contributed by atoms with Crippen molar-refractivity contribution in [3.63, 3.8) is 0 Å². The molecule has 3 heterocycles. The van der Waals surface area contributed by atoms with Gasteiger partial charge in [-0.3, -0.25) is 14.4 Å². The van der Waals surface area contributed by atoms with Crippen LogP contribution in [0.2, 0.25) is 10.0 Å². The maximum absolute atomic E-state index is 14.3. The van der Waals surface area contributed by atoms with E-state index in [2.05, 4.69) is 33.2 Å². The Labute approximate surface area is 262 Å². The summed E-state index contributed by atoms with van der Waals surface area (Å²) in [6.07, 6.45) is 1.39. The summed E-state index contributed by atoms with van der Waals surface area (Å²) < 4.78 is 7.54. The fourth-order valence-corrected chi connectivity index (χ4v) is 7.48. The summed E-state index contributed by atoms with van der Waals surface area (Å²) in [6.45, 7) is 2.83. The van der Waals surface area contributed by atoms with Gasteiger partial charge in [-0.15, -0.1) is 0 Å². The quantitative estimate of drug-likeness (QED) is 0.316. The zero-order valence-electron chi connectivity index (χ0n) is 22.3. The molecule has 0 radical (unpaired) electrons. The molecule has 0 bridgehead atoms. The lowest BCUT2D eigenvalue weighted by molar-refractivity contribution is -0.132. The molecule has 6 rings (SSSR count). The van der Waals surface area contributed by atoms with Crippen LogP contribution in [0.3, 0.4) is 0 Å². The van der Waals surface area contributed by atoms with Crippen molar-refractivity contribution < 1.29 is 19.1 Å². The first-order valence-electron chi connectivity index (χ1n) is 13.5.